The van der Waals surface area contributed by atoms with E-state index >= 15 is 0 Å². The number of imide groups is 1. The summed E-state index contributed by atoms with van der Waals surface area (Å²) in [6, 6.07) is 10.6. The van der Waals surface area contributed by atoms with Gasteiger partial charge in [0.15, 0.2) is 0 Å². The fraction of sp³-hybridized carbons (Fsp3) is 0.250. The molecular weight excluding hydrogens is 419 g/mol. The Kier molecular flexibility index (Phi) is 6.76. The molecule has 152 valence electrons. The Hall–Kier alpha value is -2.58. The lowest BCUT2D eigenvalue weighted by atomic mass is 10.3. The molecule has 1 fully saturated rings. The van der Waals surface area contributed by atoms with E-state index in [4.69, 9.17) is 16.3 Å². The van der Waals surface area contributed by atoms with Crippen molar-refractivity contribution in [3.05, 3.63) is 53.3 Å². The predicted octanol–water partition coefficient (Wildman–Crippen LogP) is 3.88. The molecule has 1 aliphatic heterocycles. The zero-order valence-electron chi connectivity index (χ0n) is 15.5. The Labute approximate surface area is 176 Å². The molecule has 2 aromatic carbocycles. The summed E-state index contributed by atoms with van der Waals surface area (Å²) in [5, 5.41) is 2.02. The van der Waals surface area contributed by atoms with Crippen molar-refractivity contribution in [1.82, 2.24) is 0 Å². The van der Waals surface area contributed by atoms with E-state index < -0.39 is 11.1 Å². The van der Waals surface area contributed by atoms with Crippen molar-refractivity contribution in [2.75, 3.05) is 23.1 Å². The molecule has 0 bridgehead atoms. The zero-order chi connectivity index (χ0) is 21.0. The Bertz CT molecular complexity index is 939. The van der Waals surface area contributed by atoms with E-state index in [-0.39, 0.29) is 35.6 Å². The fourth-order valence-electron chi connectivity index (χ4n) is 2.83. The third-order valence-electron chi connectivity index (χ3n) is 4.29. The van der Waals surface area contributed by atoms with Crippen molar-refractivity contribution < 1.29 is 23.5 Å². The van der Waals surface area contributed by atoms with E-state index in [9.17, 15) is 18.8 Å². The zero-order valence-corrected chi connectivity index (χ0v) is 17.1. The van der Waals surface area contributed by atoms with E-state index in [0.29, 0.717) is 22.9 Å². The lowest BCUT2D eigenvalue weighted by Gasteiger charge is -2.15. The van der Waals surface area contributed by atoms with Gasteiger partial charge in [-0.05, 0) is 42.5 Å². The number of hydrogen-bond acceptors (Lipinski definition) is 5. The first kappa shape index (κ1) is 21.1. The molecule has 6 nitrogen and oxygen atoms in total. The monoisotopic (exact) mass is 436 g/mol. The summed E-state index contributed by atoms with van der Waals surface area (Å²) in [4.78, 5) is 38.1. The SMILES string of the molecule is COc1ccc(N2C(=O)CC(SCCC(=O)Nc3ccc(F)c(Cl)c3)C2=O)cc1. The van der Waals surface area contributed by atoms with Crippen LogP contribution in [0.4, 0.5) is 15.8 Å². The summed E-state index contributed by atoms with van der Waals surface area (Å²) in [5.41, 5.74) is 0.888. The smallest absolute Gasteiger partial charge is 0.247 e. The standard InChI is InChI=1S/C20H18ClFN2O4S/c1-28-14-5-3-13(4-6-14)24-19(26)11-17(20(24)27)29-9-8-18(25)23-12-2-7-16(22)15(21)10-12/h2-7,10,17H,8-9,11H2,1H3,(H,23,25). The number of anilines is 2. The Balaban J connectivity index is 1.51. The largest absolute Gasteiger partial charge is 0.497 e. The van der Waals surface area contributed by atoms with Gasteiger partial charge in [-0.25, -0.2) is 9.29 Å². The molecule has 1 heterocycles. The van der Waals surface area contributed by atoms with E-state index in [1.807, 2.05) is 0 Å². The molecule has 0 radical (unpaired) electrons. The van der Waals surface area contributed by atoms with Gasteiger partial charge in [-0.1, -0.05) is 11.6 Å². The highest BCUT2D eigenvalue weighted by Gasteiger charge is 2.39. The number of carbonyl (C=O) groups excluding carboxylic acids is 3. The highest BCUT2D eigenvalue weighted by molar-refractivity contribution is 8.00. The third kappa shape index (κ3) is 5.07. The maximum Gasteiger partial charge on any atom is 0.247 e. The van der Waals surface area contributed by atoms with Gasteiger partial charge < -0.3 is 10.1 Å². The van der Waals surface area contributed by atoms with Gasteiger partial charge in [0.05, 0.1) is 23.1 Å². The fourth-order valence-corrected chi connectivity index (χ4v) is 4.10. The third-order valence-corrected chi connectivity index (χ3v) is 5.79. The van der Waals surface area contributed by atoms with Crippen molar-refractivity contribution >= 4 is 52.5 Å². The van der Waals surface area contributed by atoms with E-state index in [1.54, 1.807) is 24.3 Å². The second-order valence-corrected chi connectivity index (χ2v) is 7.97. The van der Waals surface area contributed by atoms with Crippen LogP contribution in [0.25, 0.3) is 0 Å². The number of rotatable bonds is 7. The first-order chi connectivity index (χ1) is 13.9. The Morgan fingerprint density at radius 1 is 1.28 bits per heavy atom. The van der Waals surface area contributed by atoms with Gasteiger partial charge in [0.1, 0.15) is 11.6 Å². The molecule has 1 saturated heterocycles. The van der Waals surface area contributed by atoms with Crippen LogP contribution in [0, 0.1) is 5.82 Å². The van der Waals surface area contributed by atoms with E-state index in [0.717, 1.165) is 4.90 Å². The van der Waals surface area contributed by atoms with Gasteiger partial charge in [-0.15, -0.1) is 11.8 Å². The minimum absolute atomic E-state index is 0.0779. The maximum absolute atomic E-state index is 13.2. The normalized spacial score (nSPS) is 16.2. The molecule has 9 heteroatoms. The molecule has 1 atom stereocenters. The molecule has 0 aliphatic carbocycles. The van der Waals surface area contributed by atoms with Crippen LogP contribution < -0.4 is 15.0 Å². The molecule has 3 rings (SSSR count). The number of benzene rings is 2. The van der Waals surface area contributed by atoms with Gasteiger partial charge in [0.25, 0.3) is 0 Å². The van der Waals surface area contributed by atoms with Crippen LogP contribution in [-0.4, -0.2) is 35.8 Å². The van der Waals surface area contributed by atoms with Crippen LogP contribution >= 0.6 is 23.4 Å². The minimum Gasteiger partial charge on any atom is -0.497 e. The minimum atomic E-state index is -0.564. The molecule has 1 N–H and O–H groups in total. The first-order valence-electron chi connectivity index (χ1n) is 8.76. The number of thioether (sulfide) groups is 1. The average Bonchev–Trinajstić information content (AvgIpc) is 2.98. The van der Waals surface area contributed by atoms with Crippen molar-refractivity contribution in [3.63, 3.8) is 0 Å². The lowest BCUT2D eigenvalue weighted by molar-refractivity contribution is -0.121. The molecule has 29 heavy (non-hydrogen) atoms. The first-order valence-corrected chi connectivity index (χ1v) is 10.2. The summed E-state index contributed by atoms with van der Waals surface area (Å²) >= 11 is 6.95. The second-order valence-electron chi connectivity index (χ2n) is 6.26. The molecule has 3 amide bonds. The van der Waals surface area contributed by atoms with Gasteiger partial charge in [-0.2, -0.15) is 0 Å². The summed E-state index contributed by atoms with van der Waals surface area (Å²) in [6.45, 7) is 0. The molecule has 1 aliphatic rings. The van der Waals surface area contributed by atoms with Crippen LogP contribution in [0.3, 0.4) is 0 Å². The molecule has 0 spiro atoms. The van der Waals surface area contributed by atoms with Gasteiger partial charge in [0.2, 0.25) is 17.7 Å². The van der Waals surface area contributed by atoms with Crippen LogP contribution in [0.15, 0.2) is 42.5 Å². The number of halogens is 2. The Morgan fingerprint density at radius 2 is 2.00 bits per heavy atom. The summed E-state index contributed by atoms with van der Waals surface area (Å²) < 4.78 is 18.2. The van der Waals surface area contributed by atoms with Gasteiger partial charge in [-0.3, -0.25) is 14.4 Å². The number of hydrogen-bond donors (Lipinski definition) is 1. The van der Waals surface area contributed by atoms with Crippen molar-refractivity contribution in [2.45, 2.75) is 18.1 Å². The van der Waals surface area contributed by atoms with E-state index in [1.165, 1.54) is 37.1 Å². The van der Waals surface area contributed by atoms with Crippen LogP contribution in [0.5, 0.6) is 5.75 Å². The number of methoxy groups -OCH3 is 1. The Morgan fingerprint density at radius 3 is 2.66 bits per heavy atom. The number of nitrogens with one attached hydrogen (secondary N) is 1. The second kappa shape index (κ2) is 9.28. The quantitative estimate of drug-likeness (QED) is 0.666. The molecule has 1 unspecified atom stereocenters. The molecule has 0 aromatic heterocycles. The van der Waals surface area contributed by atoms with Crippen molar-refractivity contribution in [3.8, 4) is 5.75 Å². The number of amides is 3. The van der Waals surface area contributed by atoms with Crippen molar-refractivity contribution in [1.29, 1.82) is 0 Å². The van der Waals surface area contributed by atoms with Crippen molar-refractivity contribution in [2.24, 2.45) is 0 Å². The topological polar surface area (TPSA) is 75.7 Å². The number of carbonyl (C=O) groups is 3. The van der Waals surface area contributed by atoms with Gasteiger partial charge in [0, 0.05) is 24.3 Å². The van der Waals surface area contributed by atoms with Crippen LogP contribution in [0.1, 0.15) is 12.8 Å². The molecule has 2 aromatic rings. The average molecular weight is 437 g/mol. The number of ether oxygens (including phenoxy) is 1. The van der Waals surface area contributed by atoms with Crippen LogP contribution in [-0.2, 0) is 14.4 Å². The van der Waals surface area contributed by atoms with E-state index in [2.05, 4.69) is 5.32 Å². The predicted molar refractivity (Wildman–Crippen MR) is 111 cm³/mol. The lowest BCUT2D eigenvalue weighted by Crippen LogP contribution is -2.31. The molecule has 0 saturated carbocycles. The van der Waals surface area contributed by atoms with Crippen LogP contribution in [0.2, 0.25) is 5.02 Å². The molecular formula is C20H18ClFN2O4S. The van der Waals surface area contributed by atoms with Gasteiger partial charge >= 0.3 is 0 Å². The number of nitrogens with zero attached hydrogens (tertiary/aromatic N) is 1. The highest BCUT2D eigenvalue weighted by Crippen LogP contribution is 2.31. The summed E-state index contributed by atoms with van der Waals surface area (Å²) in [5.74, 6) is -0.429. The summed E-state index contributed by atoms with van der Waals surface area (Å²) in [7, 11) is 1.54. The maximum atomic E-state index is 13.2. The highest BCUT2D eigenvalue weighted by atomic mass is 35.5. The summed E-state index contributed by atoms with van der Waals surface area (Å²) in [6.07, 6.45) is 0.227.